The molecule has 124 valence electrons. The summed E-state index contributed by atoms with van der Waals surface area (Å²) in [6, 6.07) is 9.54. The minimum Gasteiger partial charge on any atom is -0.397 e. The standard InChI is InChI=1S/C19H21ClN4/c1-4-6-10-13(5-2)18-15(19(22)24(3)23-18)16(20)17(21)14-11-8-7-9-12-14/h4-12H,1,21-22H2,2-3H3/b10-6-,13-5+,17-16+. The number of hydrogen-bond acceptors (Lipinski definition) is 3. The average molecular weight is 341 g/mol. The third-order valence-electron chi connectivity index (χ3n) is 3.63. The van der Waals surface area contributed by atoms with Crippen molar-refractivity contribution < 1.29 is 0 Å². The molecule has 5 heteroatoms. The van der Waals surface area contributed by atoms with Gasteiger partial charge in [-0.3, -0.25) is 4.68 Å². The van der Waals surface area contributed by atoms with Crippen molar-refractivity contribution in [3.8, 4) is 0 Å². The molecule has 2 aromatic rings. The molecule has 4 nitrogen and oxygen atoms in total. The minimum absolute atomic E-state index is 0.383. The lowest BCUT2D eigenvalue weighted by Crippen LogP contribution is -2.02. The van der Waals surface area contributed by atoms with E-state index in [0.717, 1.165) is 11.1 Å². The topological polar surface area (TPSA) is 69.9 Å². The Morgan fingerprint density at radius 3 is 2.54 bits per heavy atom. The van der Waals surface area contributed by atoms with E-state index in [0.29, 0.717) is 27.8 Å². The first-order valence-corrected chi connectivity index (χ1v) is 7.88. The Kier molecular flexibility index (Phi) is 5.66. The van der Waals surface area contributed by atoms with Gasteiger partial charge in [-0.05, 0) is 18.1 Å². The van der Waals surface area contributed by atoms with Gasteiger partial charge in [0, 0.05) is 7.05 Å². The number of nitrogen functional groups attached to an aromatic ring is 1. The smallest absolute Gasteiger partial charge is 0.130 e. The number of nitrogens with two attached hydrogens (primary N) is 2. The van der Waals surface area contributed by atoms with Crippen molar-refractivity contribution in [1.29, 1.82) is 0 Å². The van der Waals surface area contributed by atoms with Crippen LogP contribution in [0.15, 0.2) is 61.2 Å². The predicted octanol–water partition coefficient (Wildman–Crippen LogP) is 4.17. The number of aromatic nitrogens is 2. The van der Waals surface area contributed by atoms with Crippen molar-refractivity contribution in [3.05, 3.63) is 78.0 Å². The minimum atomic E-state index is 0.383. The van der Waals surface area contributed by atoms with E-state index >= 15 is 0 Å². The Morgan fingerprint density at radius 2 is 1.96 bits per heavy atom. The van der Waals surface area contributed by atoms with Crippen LogP contribution >= 0.6 is 11.6 Å². The molecule has 0 aliphatic heterocycles. The highest BCUT2D eigenvalue weighted by Crippen LogP contribution is 2.35. The molecule has 0 saturated heterocycles. The van der Waals surface area contributed by atoms with Crippen LogP contribution in [0.4, 0.5) is 5.82 Å². The van der Waals surface area contributed by atoms with Crippen LogP contribution in [-0.2, 0) is 7.05 Å². The van der Waals surface area contributed by atoms with Gasteiger partial charge in [-0.1, -0.05) is 72.8 Å². The zero-order valence-corrected chi connectivity index (χ0v) is 14.6. The molecule has 0 aliphatic rings. The quantitative estimate of drug-likeness (QED) is 0.802. The molecule has 0 aliphatic carbocycles. The zero-order chi connectivity index (χ0) is 17.7. The molecule has 1 aromatic heterocycles. The molecule has 0 amide bonds. The predicted molar refractivity (Wildman–Crippen MR) is 104 cm³/mol. The molecule has 0 atom stereocenters. The molecule has 4 N–H and O–H groups in total. The van der Waals surface area contributed by atoms with Crippen LogP contribution in [0.25, 0.3) is 16.3 Å². The van der Waals surface area contributed by atoms with Crippen molar-refractivity contribution in [2.24, 2.45) is 12.8 Å². The monoisotopic (exact) mass is 340 g/mol. The summed E-state index contributed by atoms with van der Waals surface area (Å²) >= 11 is 6.60. The Hall–Kier alpha value is -2.72. The van der Waals surface area contributed by atoms with Crippen LogP contribution in [0.3, 0.4) is 0 Å². The highest BCUT2D eigenvalue weighted by Gasteiger charge is 2.21. The lowest BCUT2D eigenvalue weighted by molar-refractivity contribution is 0.774. The second-order valence-electron chi connectivity index (χ2n) is 5.16. The molecule has 2 rings (SSSR count). The van der Waals surface area contributed by atoms with E-state index in [1.165, 1.54) is 0 Å². The van der Waals surface area contributed by atoms with Crippen LogP contribution in [0.1, 0.15) is 23.7 Å². The number of anilines is 1. The number of aryl methyl sites for hydroxylation is 1. The number of allylic oxidation sites excluding steroid dienone is 5. The molecule has 0 bridgehead atoms. The van der Waals surface area contributed by atoms with Gasteiger partial charge in [-0.15, -0.1) is 0 Å². The summed E-state index contributed by atoms with van der Waals surface area (Å²) in [5.41, 5.74) is 15.9. The summed E-state index contributed by atoms with van der Waals surface area (Å²) in [6.45, 7) is 5.62. The average Bonchev–Trinajstić information content (AvgIpc) is 2.90. The highest BCUT2D eigenvalue weighted by molar-refractivity contribution is 6.53. The normalized spacial score (nSPS) is 13.2. The van der Waals surface area contributed by atoms with E-state index in [1.54, 1.807) is 17.8 Å². The van der Waals surface area contributed by atoms with Crippen molar-refractivity contribution in [2.45, 2.75) is 6.92 Å². The van der Waals surface area contributed by atoms with Gasteiger partial charge < -0.3 is 11.5 Å². The fraction of sp³-hybridized carbons (Fsp3) is 0.105. The van der Waals surface area contributed by atoms with Gasteiger partial charge in [-0.2, -0.15) is 5.10 Å². The van der Waals surface area contributed by atoms with Gasteiger partial charge in [0.1, 0.15) is 11.5 Å². The molecule has 24 heavy (non-hydrogen) atoms. The van der Waals surface area contributed by atoms with Gasteiger partial charge in [0.15, 0.2) is 0 Å². The van der Waals surface area contributed by atoms with Gasteiger partial charge >= 0.3 is 0 Å². The largest absolute Gasteiger partial charge is 0.397 e. The van der Waals surface area contributed by atoms with E-state index in [2.05, 4.69) is 11.7 Å². The van der Waals surface area contributed by atoms with Gasteiger partial charge in [0.2, 0.25) is 0 Å². The SMILES string of the molecule is C=C/C=C\C(=C/C)c1nn(C)c(N)c1/C(Cl)=C(\N)c1ccccc1. The number of halogens is 1. The van der Waals surface area contributed by atoms with Crippen molar-refractivity contribution in [1.82, 2.24) is 9.78 Å². The van der Waals surface area contributed by atoms with Crippen molar-refractivity contribution in [2.75, 3.05) is 5.73 Å². The number of rotatable bonds is 5. The van der Waals surface area contributed by atoms with E-state index in [9.17, 15) is 0 Å². The molecule has 0 saturated carbocycles. The van der Waals surface area contributed by atoms with E-state index in [1.807, 2.05) is 55.5 Å². The maximum Gasteiger partial charge on any atom is 0.130 e. The van der Waals surface area contributed by atoms with Crippen LogP contribution in [0.2, 0.25) is 0 Å². The van der Waals surface area contributed by atoms with Crippen molar-refractivity contribution in [3.63, 3.8) is 0 Å². The summed E-state index contributed by atoms with van der Waals surface area (Å²) in [4.78, 5) is 0. The third kappa shape index (κ3) is 3.44. The summed E-state index contributed by atoms with van der Waals surface area (Å²) in [6.07, 6.45) is 7.38. The van der Waals surface area contributed by atoms with Crippen LogP contribution in [-0.4, -0.2) is 9.78 Å². The Bertz CT molecular complexity index is 827. The molecular weight excluding hydrogens is 320 g/mol. The molecule has 0 unspecified atom stereocenters. The fourth-order valence-corrected chi connectivity index (χ4v) is 2.61. The van der Waals surface area contributed by atoms with E-state index in [-0.39, 0.29) is 0 Å². The van der Waals surface area contributed by atoms with Gasteiger partial charge in [-0.25, -0.2) is 0 Å². The first-order valence-electron chi connectivity index (χ1n) is 7.50. The van der Waals surface area contributed by atoms with Crippen LogP contribution in [0.5, 0.6) is 0 Å². The molecule has 1 aromatic carbocycles. The lowest BCUT2D eigenvalue weighted by atomic mass is 10.0. The Morgan fingerprint density at radius 1 is 1.29 bits per heavy atom. The Balaban J connectivity index is 2.66. The van der Waals surface area contributed by atoms with Crippen LogP contribution in [0, 0.1) is 0 Å². The molecule has 1 heterocycles. The second-order valence-corrected chi connectivity index (χ2v) is 5.54. The number of benzene rings is 1. The molecule has 0 fully saturated rings. The molecular formula is C19H21ClN4. The second kappa shape index (κ2) is 7.70. The summed E-state index contributed by atoms with van der Waals surface area (Å²) < 4.78 is 1.59. The summed E-state index contributed by atoms with van der Waals surface area (Å²) in [5.74, 6) is 0.459. The first kappa shape index (κ1) is 17.6. The number of hydrogen-bond donors (Lipinski definition) is 2. The van der Waals surface area contributed by atoms with Gasteiger partial charge in [0.25, 0.3) is 0 Å². The van der Waals surface area contributed by atoms with E-state index in [4.69, 9.17) is 23.1 Å². The first-order chi connectivity index (χ1) is 11.5. The van der Waals surface area contributed by atoms with E-state index < -0.39 is 0 Å². The number of nitrogens with zero attached hydrogens (tertiary/aromatic N) is 2. The Labute approximate surface area is 147 Å². The highest BCUT2D eigenvalue weighted by atomic mass is 35.5. The third-order valence-corrected chi connectivity index (χ3v) is 4.02. The molecule has 0 radical (unpaired) electrons. The van der Waals surface area contributed by atoms with Crippen molar-refractivity contribution >= 4 is 33.7 Å². The lowest BCUT2D eigenvalue weighted by Gasteiger charge is -2.08. The van der Waals surface area contributed by atoms with Crippen LogP contribution < -0.4 is 11.5 Å². The van der Waals surface area contributed by atoms with Gasteiger partial charge in [0.05, 0.1) is 16.3 Å². The maximum atomic E-state index is 6.60. The maximum absolute atomic E-state index is 6.60. The zero-order valence-electron chi connectivity index (χ0n) is 13.8. The summed E-state index contributed by atoms with van der Waals surface area (Å²) in [5, 5.41) is 4.88. The summed E-state index contributed by atoms with van der Waals surface area (Å²) in [7, 11) is 1.77. The fourth-order valence-electron chi connectivity index (χ4n) is 2.32. The molecule has 0 spiro atoms.